The van der Waals surface area contributed by atoms with Crippen LogP contribution in [0.3, 0.4) is 0 Å². The van der Waals surface area contributed by atoms with E-state index in [-0.39, 0.29) is 18.0 Å². The molecule has 0 unspecified atom stereocenters. The number of imidazole rings is 1. The van der Waals surface area contributed by atoms with Gasteiger partial charge in [0.05, 0.1) is 24.2 Å². The molecule has 1 fully saturated rings. The first-order chi connectivity index (χ1) is 14.4. The SMILES string of the molecule is CCCC(=O)Nc1ccc2c(c1)nc(CN1CCN(C(=O)OCC)CC1)n2C(C)C. The van der Waals surface area contributed by atoms with E-state index >= 15 is 0 Å². The van der Waals surface area contributed by atoms with Gasteiger partial charge in [-0.1, -0.05) is 6.92 Å². The van der Waals surface area contributed by atoms with E-state index in [9.17, 15) is 9.59 Å². The summed E-state index contributed by atoms with van der Waals surface area (Å²) in [6.45, 7) is 12.1. The quantitative estimate of drug-likeness (QED) is 0.747. The summed E-state index contributed by atoms with van der Waals surface area (Å²) in [5, 5.41) is 2.95. The van der Waals surface area contributed by atoms with E-state index in [0.717, 1.165) is 48.6 Å². The number of nitrogens with zero attached hydrogens (tertiary/aromatic N) is 4. The molecule has 2 amide bonds. The Kier molecular flexibility index (Phi) is 7.31. The summed E-state index contributed by atoms with van der Waals surface area (Å²) in [6.07, 6.45) is 1.11. The first kappa shape index (κ1) is 22.1. The largest absolute Gasteiger partial charge is 0.450 e. The van der Waals surface area contributed by atoms with Gasteiger partial charge in [-0.15, -0.1) is 0 Å². The zero-order valence-electron chi connectivity index (χ0n) is 18.5. The maximum absolute atomic E-state index is 11.9. The normalized spacial score (nSPS) is 15.0. The number of rotatable bonds is 7. The summed E-state index contributed by atoms with van der Waals surface area (Å²) in [4.78, 5) is 32.8. The van der Waals surface area contributed by atoms with Gasteiger partial charge < -0.3 is 19.5 Å². The number of carbonyl (C=O) groups is 2. The molecule has 8 heteroatoms. The van der Waals surface area contributed by atoms with Crippen molar-refractivity contribution in [3.63, 3.8) is 0 Å². The minimum atomic E-state index is -0.232. The molecular weight excluding hydrogens is 382 g/mol. The number of nitrogens with one attached hydrogen (secondary N) is 1. The Balaban J connectivity index is 1.74. The van der Waals surface area contributed by atoms with Crippen LogP contribution < -0.4 is 5.32 Å². The lowest BCUT2D eigenvalue weighted by molar-refractivity contribution is -0.116. The summed E-state index contributed by atoms with van der Waals surface area (Å²) >= 11 is 0. The number of amides is 2. The van der Waals surface area contributed by atoms with E-state index in [2.05, 4.69) is 28.6 Å². The van der Waals surface area contributed by atoms with Gasteiger partial charge in [0.15, 0.2) is 0 Å². The Morgan fingerprint density at radius 3 is 2.53 bits per heavy atom. The Morgan fingerprint density at radius 2 is 1.90 bits per heavy atom. The van der Waals surface area contributed by atoms with E-state index in [1.54, 1.807) is 4.90 Å². The third kappa shape index (κ3) is 5.11. The van der Waals surface area contributed by atoms with E-state index in [1.807, 2.05) is 32.0 Å². The van der Waals surface area contributed by atoms with Crippen LogP contribution in [-0.4, -0.2) is 64.1 Å². The highest BCUT2D eigenvalue weighted by Gasteiger charge is 2.24. The second-order valence-corrected chi connectivity index (χ2v) is 7.96. The molecule has 8 nitrogen and oxygen atoms in total. The first-order valence-electron chi connectivity index (χ1n) is 10.9. The molecule has 30 heavy (non-hydrogen) atoms. The molecule has 0 bridgehead atoms. The van der Waals surface area contributed by atoms with Gasteiger partial charge in [-0.2, -0.15) is 0 Å². The molecule has 1 N–H and O–H groups in total. The smallest absolute Gasteiger partial charge is 0.409 e. The third-order valence-corrected chi connectivity index (χ3v) is 5.30. The van der Waals surface area contributed by atoms with Crippen LogP contribution in [0.1, 0.15) is 52.4 Å². The Bertz CT molecular complexity index is 884. The summed E-state index contributed by atoms with van der Waals surface area (Å²) in [5.74, 6) is 1.03. The van der Waals surface area contributed by atoms with E-state index in [1.165, 1.54) is 0 Å². The number of anilines is 1. The first-order valence-corrected chi connectivity index (χ1v) is 10.9. The van der Waals surface area contributed by atoms with Gasteiger partial charge in [0, 0.05) is 44.3 Å². The molecule has 2 aromatic rings. The fraction of sp³-hybridized carbons (Fsp3) is 0.591. The Hall–Kier alpha value is -2.61. The second kappa shape index (κ2) is 9.93. The molecule has 1 aliphatic heterocycles. The minimum absolute atomic E-state index is 0.0276. The summed E-state index contributed by atoms with van der Waals surface area (Å²) < 4.78 is 7.36. The molecule has 1 aromatic carbocycles. The van der Waals surface area contributed by atoms with Crippen molar-refractivity contribution in [2.75, 3.05) is 38.1 Å². The average Bonchev–Trinajstić information content (AvgIpc) is 3.06. The number of aromatic nitrogens is 2. The molecule has 1 saturated heterocycles. The van der Waals surface area contributed by atoms with Crippen LogP contribution in [0.4, 0.5) is 10.5 Å². The molecule has 0 saturated carbocycles. The molecular formula is C22H33N5O3. The molecule has 1 aromatic heterocycles. The molecule has 2 heterocycles. The standard InChI is InChI=1S/C22H33N5O3/c1-5-7-21(28)23-17-8-9-19-18(14-17)24-20(27(19)16(3)4)15-25-10-12-26(13-11-25)22(29)30-6-2/h8-9,14,16H,5-7,10-13,15H2,1-4H3,(H,23,28). The van der Waals surface area contributed by atoms with Crippen molar-refractivity contribution in [2.45, 2.75) is 53.1 Å². The number of hydrogen-bond acceptors (Lipinski definition) is 5. The predicted molar refractivity (Wildman–Crippen MR) is 118 cm³/mol. The van der Waals surface area contributed by atoms with Gasteiger partial charge in [-0.05, 0) is 45.4 Å². The second-order valence-electron chi connectivity index (χ2n) is 7.96. The maximum atomic E-state index is 11.9. The number of fused-ring (bicyclic) bond motifs is 1. The highest BCUT2D eigenvalue weighted by atomic mass is 16.6. The summed E-state index contributed by atoms with van der Waals surface area (Å²) in [7, 11) is 0. The van der Waals surface area contributed by atoms with Crippen LogP contribution in [0.2, 0.25) is 0 Å². The number of carbonyl (C=O) groups excluding carboxylic acids is 2. The van der Waals surface area contributed by atoms with Gasteiger partial charge in [-0.3, -0.25) is 9.69 Å². The highest BCUT2D eigenvalue weighted by molar-refractivity contribution is 5.93. The number of piperazine rings is 1. The fourth-order valence-electron chi connectivity index (χ4n) is 3.87. The monoisotopic (exact) mass is 415 g/mol. The summed E-state index contributed by atoms with van der Waals surface area (Å²) in [5.41, 5.74) is 2.74. The third-order valence-electron chi connectivity index (χ3n) is 5.30. The lowest BCUT2D eigenvalue weighted by Gasteiger charge is -2.34. The van der Waals surface area contributed by atoms with Crippen molar-refractivity contribution in [1.29, 1.82) is 0 Å². The van der Waals surface area contributed by atoms with Crippen molar-refractivity contribution in [2.24, 2.45) is 0 Å². The van der Waals surface area contributed by atoms with Crippen molar-refractivity contribution in [3.8, 4) is 0 Å². The van der Waals surface area contributed by atoms with Crippen LogP contribution in [-0.2, 0) is 16.1 Å². The zero-order valence-corrected chi connectivity index (χ0v) is 18.5. The lowest BCUT2D eigenvalue weighted by Crippen LogP contribution is -2.48. The molecule has 3 rings (SSSR count). The van der Waals surface area contributed by atoms with Crippen LogP contribution in [0.5, 0.6) is 0 Å². The van der Waals surface area contributed by atoms with E-state index in [0.29, 0.717) is 26.1 Å². The fourth-order valence-corrected chi connectivity index (χ4v) is 3.87. The van der Waals surface area contributed by atoms with E-state index in [4.69, 9.17) is 9.72 Å². The molecule has 1 aliphatic rings. The molecule has 0 spiro atoms. The Labute approximate surface area is 178 Å². The van der Waals surface area contributed by atoms with Gasteiger partial charge in [0.1, 0.15) is 5.82 Å². The van der Waals surface area contributed by atoms with E-state index < -0.39 is 0 Å². The molecule has 0 radical (unpaired) electrons. The van der Waals surface area contributed by atoms with Gasteiger partial charge in [0.25, 0.3) is 0 Å². The van der Waals surface area contributed by atoms with Crippen molar-refractivity contribution in [3.05, 3.63) is 24.0 Å². The molecule has 164 valence electrons. The highest BCUT2D eigenvalue weighted by Crippen LogP contribution is 2.25. The van der Waals surface area contributed by atoms with Gasteiger partial charge >= 0.3 is 6.09 Å². The number of ether oxygens (including phenoxy) is 1. The van der Waals surface area contributed by atoms with Gasteiger partial charge in [0.2, 0.25) is 5.91 Å². The number of hydrogen-bond donors (Lipinski definition) is 1. The Morgan fingerprint density at radius 1 is 1.17 bits per heavy atom. The predicted octanol–water partition coefficient (Wildman–Crippen LogP) is 3.63. The average molecular weight is 416 g/mol. The maximum Gasteiger partial charge on any atom is 0.409 e. The molecule has 0 aliphatic carbocycles. The van der Waals surface area contributed by atoms with Crippen molar-refractivity contribution < 1.29 is 14.3 Å². The van der Waals surface area contributed by atoms with Crippen molar-refractivity contribution in [1.82, 2.24) is 19.4 Å². The lowest BCUT2D eigenvalue weighted by atomic mass is 10.2. The molecule has 0 atom stereocenters. The van der Waals surface area contributed by atoms with Crippen LogP contribution >= 0.6 is 0 Å². The minimum Gasteiger partial charge on any atom is -0.450 e. The van der Waals surface area contributed by atoms with Crippen LogP contribution in [0.15, 0.2) is 18.2 Å². The van der Waals surface area contributed by atoms with Crippen molar-refractivity contribution >= 4 is 28.7 Å². The van der Waals surface area contributed by atoms with Crippen LogP contribution in [0.25, 0.3) is 11.0 Å². The topological polar surface area (TPSA) is 79.7 Å². The van der Waals surface area contributed by atoms with Gasteiger partial charge in [-0.25, -0.2) is 9.78 Å². The van der Waals surface area contributed by atoms with Crippen LogP contribution in [0, 0.1) is 0 Å². The summed E-state index contributed by atoms with van der Waals surface area (Å²) in [6, 6.07) is 6.19. The zero-order chi connectivity index (χ0) is 21.7. The number of benzene rings is 1.